The highest BCUT2D eigenvalue weighted by Gasteiger charge is 2.06. The molecule has 0 aliphatic rings. The zero-order chi connectivity index (χ0) is 17.1. The molecule has 138 valence electrons. The number of nitrogens with zero attached hydrogens (tertiary/aromatic N) is 2. The van der Waals surface area contributed by atoms with Gasteiger partial charge in [0.25, 0.3) is 0 Å². The van der Waals surface area contributed by atoms with Crippen LogP contribution in [0.2, 0.25) is 0 Å². The van der Waals surface area contributed by atoms with Gasteiger partial charge in [-0.2, -0.15) is 0 Å². The first-order chi connectivity index (χ1) is 11.1. The molecule has 0 heterocycles. The lowest BCUT2D eigenvalue weighted by molar-refractivity contribution is 0.255. The van der Waals surface area contributed by atoms with Crippen molar-refractivity contribution in [3.05, 3.63) is 29.8 Å². The van der Waals surface area contributed by atoms with Crippen LogP contribution in [0.25, 0.3) is 0 Å². The average Bonchev–Trinajstić information content (AvgIpc) is 2.57. The van der Waals surface area contributed by atoms with Crippen LogP contribution in [-0.2, 0) is 0 Å². The van der Waals surface area contributed by atoms with Crippen LogP contribution in [0.3, 0.4) is 0 Å². The van der Waals surface area contributed by atoms with Crippen molar-refractivity contribution in [2.45, 2.75) is 33.2 Å². The summed E-state index contributed by atoms with van der Waals surface area (Å²) in [5.74, 6) is 1.71. The second-order valence-corrected chi connectivity index (χ2v) is 5.83. The fourth-order valence-corrected chi connectivity index (χ4v) is 2.08. The molecule has 0 fully saturated rings. The van der Waals surface area contributed by atoms with Crippen LogP contribution in [0.15, 0.2) is 29.3 Å². The molecule has 24 heavy (non-hydrogen) atoms. The number of aryl methyl sites for hydroxylation is 1. The van der Waals surface area contributed by atoms with Crippen LogP contribution in [0.4, 0.5) is 0 Å². The smallest absolute Gasteiger partial charge is 0.191 e. The molecule has 0 radical (unpaired) electrons. The van der Waals surface area contributed by atoms with E-state index < -0.39 is 0 Å². The molecule has 2 N–H and O–H groups in total. The van der Waals surface area contributed by atoms with E-state index in [0.717, 1.165) is 31.3 Å². The SMILES string of the molecule is CCC(C)N(C)CCNC(=NC)NCCOc1ccc(C)cc1.I. The number of nitrogens with one attached hydrogen (secondary N) is 2. The van der Waals surface area contributed by atoms with Gasteiger partial charge >= 0.3 is 0 Å². The minimum absolute atomic E-state index is 0. The van der Waals surface area contributed by atoms with Crippen LogP contribution in [-0.4, -0.2) is 57.2 Å². The fraction of sp³-hybridized carbons (Fsp3) is 0.611. The third-order valence-electron chi connectivity index (χ3n) is 4.01. The van der Waals surface area contributed by atoms with E-state index in [1.807, 2.05) is 12.1 Å². The van der Waals surface area contributed by atoms with Crippen molar-refractivity contribution in [2.75, 3.05) is 40.3 Å². The number of guanidine groups is 1. The summed E-state index contributed by atoms with van der Waals surface area (Å²) in [6, 6.07) is 8.70. The van der Waals surface area contributed by atoms with Crippen molar-refractivity contribution in [1.82, 2.24) is 15.5 Å². The molecule has 5 nitrogen and oxygen atoms in total. The molecule has 0 saturated carbocycles. The Morgan fingerprint density at radius 1 is 1.21 bits per heavy atom. The maximum atomic E-state index is 5.69. The summed E-state index contributed by atoms with van der Waals surface area (Å²) in [5.41, 5.74) is 1.24. The molecule has 1 aromatic carbocycles. The van der Waals surface area contributed by atoms with E-state index >= 15 is 0 Å². The Bertz CT molecular complexity index is 465. The number of aliphatic imine (C=N–C) groups is 1. The minimum atomic E-state index is 0. The van der Waals surface area contributed by atoms with Gasteiger partial charge in [-0.15, -0.1) is 24.0 Å². The maximum Gasteiger partial charge on any atom is 0.191 e. The molecule has 0 aromatic heterocycles. The second-order valence-electron chi connectivity index (χ2n) is 5.83. The van der Waals surface area contributed by atoms with Gasteiger partial charge in [-0.3, -0.25) is 4.99 Å². The third-order valence-corrected chi connectivity index (χ3v) is 4.01. The first kappa shape index (κ1) is 23.0. The van der Waals surface area contributed by atoms with Gasteiger partial charge in [0, 0.05) is 26.2 Å². The molecule has 0 amide bonds. The van der Waals surface area contributed by atoms with E-state index in [-0.39, 0.29) is 24.0 Å². The Hall–Kier alpha value is -1.02. The summed E-state index contributed by atoms with van der Waals surface area (Å²) in [6.07, 6.45) is 1.17. The number of benzene rings is 1. The first-order valence-corrected chi connectivity index (χ1v) is 8.41. The predicted molar refractivity (Wildman–Crippen MR) is 114 cm³/mol. The fourth-order valence-electron chi connectivity index (χ4n) is 2.08. The number of rotatable bonds is 9. The largest absolute Gasteiger partial charge is 0.492 e. The lowest BCUT2D eigenvalue weighted by Crippen LogP contribution is -2.43. The van der Waals surface area contributed by atoms with E-state index in [4.69, 9.17) is 4.74 Å². The minimum Gasteiger partial charge on any atom is -0.492 e. The van der Waals surface area contributed by atoms with Gasteiger partial charge in [0.15, 0.2) is 5.96 Å². The van der Waals surface area contributed by atoms with Crippen LogP contribution in [0, 0.1) is 6.92 Å². The molecule has 1 atom stereocenters. The normalized spacial score (nSPS) is 12.5. The van der Waals surface area contributed by atoms with Gasteiger partial charge < -0.3 is 20.3 Å². The number of ether oxygens (including phenoxy) is 1. The lowest BCUT2D eigenvalue weighted by Gasteiger charge is -2.24. The Balaban J connectivity index is 0.00000529. The quantitative estimate of drug-likeness (QED) is 0.264. The van der Waals surface area contributed by atoms with E-state index in [1.165, 1.54) is 12.0 Å². The second kappa shape index (κ2) is 13.3. The van der Waals surface area contributed by atoms with Crippen molar-refractivity contribution in [3.63, 3.8) is 0 Å². The topological polar surface area (TPSA) is 48.9 Å². The number of likely N-dealkylation sites (N-methyl/N-ethyl adjacent to an activating group) is 1. The molecule has 6 heteroatoms. The highest BCUT2D eigenvalue weighted by molar-refractivity contribution is 14.0. The van der Waals surface area contributed by atoms with Crippen molar-refractivity contribution in [2.24, 2.45) is 4.99 Å². The summed E-state index contributed by atoms with van der Waals surface area (Å²) >= 11 is 0. The zero-order valence-electron chi connectivity index (χ0n) is 15.6. The van der Waals surface area contributed by atoms with Crippen molar-refractivity contribution >= 4 is 29.9 Å². The number of hydrogen-bond acceptors (Lipinski definition) is 3. The highest BCUT2D eigenvalue weighted by Crippen LogP contribution is 2.10. The first-order valence-electron chi connectivity index (χ1n) is 8.41. The van der Waals surface area contributed by atoms with Crippen molar-refractivity contribution < 1.29 is 4.74 Å². The van der Waals surface area contributed by atoms with Crippen molar-refractivity contribution in [3.8, 4) is 5.75 Å². The van der Waals surface area contributed by atoms with E-state index in [9.17, 15) is 0 Å². The molecule has 0 saturated heterocycles. The maximum absolute atomic E-state index is 5.69. The van der Waals surface area contributed by atoms with Crippen LogP contribution in [0.5, 0.6) is 5.75 Å². The lowest BCUT2D eigenvalue weighted by atomic mass is 10.2. The average molecular weight is 448 g/mol. The summed E-state index contributed by atoms with van der Waals surface area (Å²) < 4.78 is 5.69. The summed E-state index contributed by atoms with van der Waals surface area (Å²) in [4.78, 5) is 6.57. The Morgan fingerprint density at radius 3 is 2.42 bits per heavy atom. The molecule has 0 aliphatic heterocycles. The van der Waals surface area contributed by atoms with Crippen LogP contribution < -0.4 is 15.4 Å². The number of halogens is 1. The van der Waals surface area contributed by atoms with Crippen LogP contribution in [0.1, 0.15) is 25.8 Å². The van der Waals surface area contributed by atoms with E-state index in [1.54, 1.807) is 7.05 Å². The molecule has 1 aromatic rings. The molecule has 1 unspecified atom stereocenters. The zero-order valence-corrected chi connectivity index (χ0v) is 18.0. The van der Waals surface area contributed by atoms with Crippen LogP contribution >= 0.6 is 24.0 Å². The molecule has 0 bridgehead atoms. The van der Waals surface area contributed by atoms with Gasteiger partial charge in [-0.1, -0.05) is 24.6 Å². The Kier molecular flexibility index (Phi) is 12.7. The molecule has 1 rings (SSSR count). The van der Waals surface area contributed by atoms with E-state index in [0.29, 0.717) is 12.6 Å². The molecule has 0 spiro atoms. The predicted octanol–water partition coefficient (Wildman–Crippen LogP) is 2.89. The summed E-state index contributed by atoms with van der Waals surface area (Å²) in [6.45, 7) is 9.72. The third kappa shape index (κ3) is 9.32. The van der Waals surface area contributed by atoms with Gasteiger partial charge in [0.2, 0.25) is 0 Å². The number of hydrogen-bond donors (Lipinski definition) is 2. The van der Waals surface area contributed by atoms with Gasteiger partial charge in [0.05, 0.1) is 6.54 Å². The molecular weight excluding hydrogens is 415 g/mol. The van der Waals surface area contributed by atoms with Gasteiger partial charge in [0.1, 0.15) is 12.4 Å². The Morgan fingerprint density at radius 2 is 1.83 bits per heavy atom. The Labute approximate surface area is 164 Å². The highest BCUT2D eigenvalue weighted by atomic mass is 127. The van der Waals surface area contributed by atoms with Crippen molar-refractivity contribution in [1.29, 1.82) is 0 Å². The standard InChI is InChI=1S/C18H32N4O.HI/c1-6-16(3)22(5)13-11-20-18(19-4)21-12-14-23-17-9-7-15(2)8-10-17;/h7-10,16H,6,11-14H2,1-5H3,(H2,19,20,21);1H. The summed E-state index contributed by atoms with van der Waals surface area (Å²) in [5, 5.41) is 6.59. The molecule has 0 aliphatic carbocycles. The van der Waals surface area contributed by atoms with E-state index in [2.05, 4.69) is 60.5 Å². The van der Waals surface area contributed by atoms with Gasteiger partial charge in [-0.05, 0) is 39.4 Å². The molecular formula is C18H33IN4O. The summed E-state index contributed by atoms with van der Waals surface area (Å²) in [7, 11) is 3.94. The monoisotopic (exact) mass is 448 g/mol. The van der Waals surface area contributed by atoms with Gasteiger partial charge in [-0.25, -0.2) is 0 Å².